The van der Waals surface area contributed by atoms with Crippen molar-refractivity contribution in [3.05, 3.63) is 248 Å². The molecule has 133 heavy (non-hydrogen) atoms. The molecular formula is C105H103N19O9. The second-order valence-corrected chi connectivity index (χ2v) is 33.9. The molecule has 672 valence electrons. The highest BCUT2D eigenvalue weighted by Crippen LogP contribution is 2.47. The topological polar surface area (TPSA) is 356 Å². The van der Waals surface area contributed by atoms with Gasteiger partial charge in [-0.2, -0.15) is 25.0 Å². The van der Waals surface area contributed by atoms with Gasteiger partial charge < -0.3 is 71.5 Å². The Kier molecular flexibility index (Phi) is 23.4. The normalized spacial score (nSPS) is 12.0. The minimum Gasteiger partial charge on any atom is -0.468 e. The first-order valence-corrected chi connectivity index (χ1v) is 44.0. The number of aryl methyl sites for hydroxylation is 17. The van der Waals surface area contributed by atoms with E-state index in [2.05, 4.69) is 238 Å². The highest BCUT2D eigenvalue weighted by molar-refractivity contribution is 6.28. The summed E-state index contributed by atoms with van der Waals surface area (Å²) in [5.74, 6) is 4.93. The molecule has 0 spiro atoms. The molecule has 28 heteroatoms. The summed E-state index contributed by atoms with van der Waals surface area (Å²) in [6, 6.07) is 48.8. The van der Waals surface area contributed by atoms with E-state index in [1.54, 1.807) is 21.3 Å². The zero-order valence-corrected chi connectivity index (χ0v) is 78.8. The summed E-state index contributed by atoms with van der Waals surface area (Å²) < 4.78 is 50.5. The number of methoxy groups -OCH3 is 3. The summed E-state index contributed by atoms with van der Waals surface area (Å²) in [6.45, 7) is 39.4. The fourth-order valence-corrected chi connectivity index (χ4v) is 18.9. The summed E-state index contributed by atoms with van der Waals surface area (Å²) in [5.41, 5.74) is 43.1. The Hall–Kier alpha value is -16.0. The number of H-pyrrole nitrogens is 6. The minimum absolute atomic E-state index is 0.479. The van der Waals surface area contributed by atoms with Gasteiger partial charge in [-0.3, -0.25) is 9.67 Å². The van der Waals surface area contributed by atoms with Crippen molar-refractivity contribution in [3.63, 3.8) is 0 Å². The first-order chi connectivity index (χ1) is 64.1. The van der Waals surface area contributed by atoms with Crippen molar-refractivity contribution in [1.29, 1.82) is 0 Å². The third-order valence-electron chi connectivity index (χ3n) is 24.8. The third kappa shape index (κ3) is 16.2. The van der Waals surface area contributed by atoms with Gasteiger partial charge in [-0.1, -0.05) is 98.6 Å². The quantitative estimate of drug-likeness (QED) is 0.0555. The number of hydrogen-bond donors (Lipinski definition) is 6. The van der Waals surface area contributed by atoms with Crippen LogP contribution in [0.2, 0.25) is 0 Å². The molecule has 0 fully saturated rings. The first kappa shape index (κ1) is 87.7. The smallest absolute Gasteiger partial charge is 0.294 e. The number of rotatable bonds is 15. The van der Waals surface area contributed by atoms with Crippen LogP contribution in [0.4, 0.5) is 0 Å². The largest absolute Gasteiger partial charge is 0.468 e. The predicted octanol–water partition coefficient (Wildman–Crippen LogP) is 24.7. The van der Waals surface area contributed by atoms with Crippen molar-refractivity contribution < 1.29 is 41.6 Å². The summed E-state index contributed by atoms with van der Waals surface area (Å²) in [6.07, 6.45) is 3.90. The van der Waals surface area contributed by atoms with Crippen LogP contribution >= 0.6 is 0 Å². The second-order valence-electron chi connectivity index (χ2n) is 33.9. The van der Waals surface area contributed by atoms with E-state index in [1.807, 2.05) is 127 Å². The fourth-order valence-electron chi connectivity index (χ4n) is 18.9. The lowest BCUT2D eigenvalue weighted by atomic mass is 9.90. The van der Waals surface area contributed by atoms with E-state index in [4.69, 9.17) is 56.5 Å². The zero-order valence-electron chi connectivity index (χ0n) is 78.8. The number of aliphatic imine (C=N–C) groups is 1. The molecule has 12 aromatic heterocycles. The van der Waals surface area contributed by atoms with Gasteiger partial charge in [0.05, 0.1) is 108 Å². The molecule has 0 saturated carbocycles. The van der Waals surface area contributed by atoms with Crippen LogP contribution in [0.15, 0.2) is 179 Å². The lowest BCUT2D eigenvalue weighted by Gasteiger charge is -2.13. The number of nitrogens with zero attached hydrogens (tertiary/aromatic N) is 13. The molecule has 0 saturated heterocycles. The van der Waals surface area contributed by atoms with Crippen LogP contribution in [0.3, 0.4) is 0 Å². The van der Waals surface area contributed by atoms with Crippen LogP contribution in [0.1, 0.15) is 117 Å². The summed E-state index contributed by atoms with van der Waals surface area (Å²) in [4.78, 5) is 47.7. The number of benzene rings is 9. The molecule has 0 radical (unpaired) electrons. The molecule has 1 aliphatic rings. The van der Waals surface area contributed by atoms with Crippen LogP contribution < -0.4 is 18.9 Å². The van der Waals surface area contributed by atoms with E-state index in [1.165, 1.54) is 60.5 Å². The number of nitrogens with one attached hydrogen (secondary N) is 6. The molecule has 21 aromatic rings. The summed E-state index contributed by atoms with van der Waals surface area (Å²) in [7, 11) is 6.76. The SMILES string of the molecule is CCOc1nc2c(-c3c(C)ccc4ccccc34)cc(-c3c(C)noc3C)cc2[nH]1.COc1nc2c(-c3c(C)ccc4ccccc34)cc(-c3c(C)noc3C)cc2[nH]1.COc1nc2c(-c3c(C)cnn3C)cc(-c3c(C)noc3C)cc2[nH]1.COc1nc2c(C3=C(C)CN=C3C)cc(-c3c(C)noc3C)cc2[nH]1.Cc1nc2c(-c3c(C)c[nH]c3C)cc(-c3c(C)noc3C)cc2[nH]1. The maximum atomic E-state index is 5.68. The van der Waals surface area contributed by atoms with E-state index in [0.29, 0.717) is 30.6 Å². The van der Waals surface area contributed by atoms with Gasteiger partial charge in [0.1, 0.15) is 56.7 Å². The van der Waals surface area contributed by atoms with Gasteiger partial charge in [-0.25, -0.2) is 4.98 Å². The molecule has 1 aliphatic heterocycles. The van der Waals surface area contributed by atoms with Gasteiger partial charge in [-0.05, 0) is 281 Å². The number of allylic oxidation sites excluding steroid dienone is 1. The van der Waals surface area contributed by atoms with Gasteiger partial charge in [0.2, 0.25) is 0 Å². The standard InChI is InChI=1S/C25H23N3O2.C24H21N3O2.C19H20N4O2.C19H20N4O.C18H19N5O2/c1-5-29-25-26-21-13-18(23-15(3)28-30-16(23)4)12-20(24(21)27-25)22-14(2)10-11-17-8-6-7-9-19(17)22;1-13-9-10-16-7-5-6-8-18(16)21(13)19-11-17(22-14(2)27-29-15(22)3)12-20-23(19)26-24(25-20)28-4;1-9-8-20-10(2)16(9)14-6-13(17-11(3)23-25-12(17)4)7-15-18(14)22-19(21-15)24-5;1-9-8-20-10(2)17(9)15-6-14(18-11(3)23-24-12(18)4)7-16-19(15)22-13(5)21-16;1-9-8-19-23(4)17(9)13-6-12(15-10(2)22-25-11(15)3)7-14-16(13)21-18(20-14)24-5/h6-13H,5H2,1-4H3,(H,26,27);5-12H,1-4H3,(H,25,26);6-7H,8H2,1-5H3,(H,21,22);6-8,20H,1-5H3,(H,21,22);6-8H,1-5H3,(H,20,21). The Labute approximate surface area is 766 Å². The number of aromatic amines is 6. The zero-order chi connectivity index (χ0) is 93.4. The van der Waals surface area contributed by atoms with Crippen molar-refractivity contribution >= 4 is 88.0 Å². The Bertz CT molecular complexity index is 8030. The van der Waals surface area contributed by atoms with Gasteiger partial charge in [0.25, 0.3) is 24.0 Å². The highest BCUT2D eigenvalue weighted by atomic mass is 16.5. The van der Waals surface area contributed by atoms with Crippen molar-refractivity contribution in [1.82, 2.24) is 90.4 Å². The van der Waals surface area contributed by atoms with Gasteiger partial charge >= 0.3 is 0 Å². The molecular weight excluding hydrogens is 1670 g/mol. The van der Waals surface area contributed by atoms with Crippen LogP contribution in [0.5, 0.6) is 24.0 Å². The lowest BCUT2D eigenvalue weighted by molar-refractivity contribution is 0.317. The number of aromatic nitrogens is 18. The van der Waals surface area contributed by atoms with E-state index < -0.39 is 0 Å². The number of hydrogen-bond acceptors (Lipinski definition) is 21. The van der Waals surface area contributed by atoms with Crippen LogP contribution in [-0.2, 0) is 7.05 Å². The van der Waals surface area contributed by atoms with Crippen molar-refractivity contribution in [2.24, 2.45) is 12.0 Å². The highest BCUT2D eigenvalue weighted by Gasteiger charge is 2.28. The van der Waals surface area contributed by atoms with Crippen molar-refractivity contribution in [3.8, 4) is 124 Å². The van der Waals surface area contributed by atoms with Gasteiger partial charge in [0, 0.05) is 91.4 Å². The predicted molar refractivity (Wildman–Crippen MR) is 523 cm³/mol. The van der Waals surface area contributed by atoms with Gasteiger partial charge in [0.15, 0.2) is 0 Å². The Morgan fingerprint density at radius 3 is 1.07 bits per heavy atom. The molecule has 22 rings (SSSR count). The number of fused-ring (bicyclic) bond motifs is 7. The molecule has 9 aromatic carbocycles. The van der Waals surface area contributed by atoms with E-state index in [9.17, 15) is 0 Å². The molecule has 0 amide bonds. The Morgan fingerprint density at radius 1 is 0.361 bits per heavy atom. The lowest BCUT2D eigenvalue weighted by Crippen LogP contribution is -1.97. The van der Waals surface area contributed by atoms with Crippen molar-refractivity contribution in [2.45, 2.75) is 132 Å². The molecule has 0 aliphatic carbocycles. The van der Waals surface area contributed by atoms with E-state index in [0.717, 1.165) is 236 Å². The molecule has 0 bridgehead atoms. The molecule has 28 nitrogen and oxygen atoms in total. The molecule has 0 unspecified atom stereocenters. The van der Waals surface area contributed by atoms with Crippen molar-refractivity contribution in [2.75, 3.05) is 34.5 Å². The van der Waals surface area contributed by atoms with Crippen LogP contribution in [-0.4, -0.2) is 131 Å². The Morgan fingerprint density at radius 2 is 0.714 bits per heavy atom. The second kappa shape index (κ2) is 35.5. The number of ether oxygens (including phenoxy) is 4. The molecule has 0 atom stereocenters. The van der Waals surface area contributed by atoms with Crippen LogP contribution in [0.25, 0.3) is 183 Å². The van der Waals surface area contributed by atoms with Crippen LogP contribution in [0, 0.1) is 111 Å². The number of imidazole rings is 5. The van der Waals surface area contributed by atoms with E-state index in [-0.39, 0.29) is 0 Å². The third-order valence-corrected chi connectivity index (χ3v) is 24.8. The summed E-state index contributed by atoms with van der Waals surface area (Å²) >= 11 is 0. The average Bonchev–Trinajstić information content (AvgIpc) is 1.36. The fraction of sp³-hybridized carbons (Fsp3) is 0.238. The maximum Gasteiger partial charge on any atom is 0.294 e. The minimum atomic E-state index is 0.479. The first-order valence-electron chi connectivity index (χ1n) is 44.0. The Balaban J connectivity index is 0.000000112. The average molecular weight is 1780 g/mol. The summed E-state index contributed by atoms with van der Waals surface area (Å²) in [5, 5.41) is 29.7. The maximum absolute atomic E-state index is 5.68. The molecule has 6 N–H and O–H groups in total. The monoisotopic (exact) mass is 1770 g/mol. The molecule has 13 heterocycles. The van der Waals surface area contributed by atoms with E-state index >= 15 is 0 Å². The van der Waals surface area contributed by atoms with Gasteiger partial charge in [-0.15, -0.1) is 0 Å².